The van der Waals surface area contributed by atoms with E-state index >= 15 is 0 Å². The summed E-state index contributed by atoms with van der Waals surface area (Å²) in [5.41, 5.74) is 3.27. The molecule has 2 aromatic heterocycles. The lowest BCUT2D eigenvalue weighted by Gasteiger charge is -2.22. The van der Waals surface area contributed by atoms with E-state index in [2.05, 4.69) is 15.5 Å². The first kappa shape index (κ1) is 28.4. The Morgan fingerprint density at radius 3 is 2.40 bits per heavy atom. The van der Waals surface area contributed by atoms with Crippen molar-refractivity contribution in [3.8, 4) is 11.4 Å². The lowest BCUT2D eigenvalue weighted by Crippen LogP contribution is -2.28. The molecular weight excluding hydrogens is 581 g/mol. The van der Waals surface area contributed by atoms with Gasteiger partial charge in [-0.2, -0.15) is 5.10 Å². The minimum atomic E-state index is -0.230. The van der Waals surface area contributed by atoms with Crippen LogP contribution in [0.2, 0.25) is 0 Å². The molecule has 0 bridgehead atoms. The predicted molar refractivity (Wildman–Crippen MR) is 168 cm³/mol. The van der Waals surface area contributed by atoms with Crippen LogP contribution in [0, 0.1) is 0 Å². The number of thioether (sulfide) groups is 1. The predicted octanol–water partition coefficient (Wildman–Crippen LogP) is 5.74. The largest absolute Gasteiger partial charge is 0.497 e. The van der Waals surface area contributed by atoms with E-state index < -0.39 is 0 Å². The number of hydrogen-bond acceptors (Lipinski definition) is 8. The van der Waals surface area contributed by atoms with Gasteiger partial charge >= 0.3 is 0 Å². The van der Waals surface area contributed by atoms with Gasteiger partial charge in [-0.3, -0.25) is 14.2 Å². The maximum absolute atomic E-state index is 13.7. The van der Waals surface area contributed by atoms with E-state index in [0.29, 0.717) is 23.0 Å². The first-order chi connectivity index (χ1) is 21.1. The number of nitrogens with zero attached hydrogens (tertiary/aromatic N) is 5. The molecule has 1 aliphatic heterocycles. The van der Waals surface area contributed by atoms with Crippen LogP contribution < -0.4 is 10.1 Å². The van der Waals surface area contributed by atoms with Gasteiger partial charge in [-0.15, -0.1) is 21.5 Å². The molecule has 0 fully saturated rings. The number of amides is 2. The van der Waals surface area contributed by atoms with Gasteiger partial charge in [0.05, 0.1) is 36.0 Å². The van der Waals surface area contributed by atoms with Crippen LogP contribution in [0.4, 0.5) is 0 Å². The Bertz CT molecular complexity index is 1720. The highest BCUT2D eigenvalue weighted by atomic mass is 32.2. The van der Waals surface area contributed by atoms with Crippen LogP contribution in [-0.2, 0) is 11.3 Å². The van der Waals surface area contributed by atoms with Crippen LogP contribution in [0.25, 0.3) is 5.69 Å². The van der Waals surface area contributed by atoms with Crippen molar-refractivity contribution < 1.29 is 14.3 Å². The number of benzene rings is 3. The maximum atomic E-state index is 13.7. The van der Waals surface area contributed by atoms with Crippen LogP contribution in [0.3, 0.4) is 0 Å². The number of carbonyl (C=O) groups is 2. The third kappa shape index (κ3) is 6.37. The highest BCUT2D eigenvalue weighted by molar-refractivity contribution is 7.99. The number of nitrogens with one attached hydrogen (secondary N) is 1. The summed E-state index contributed by atoms with van der Waals surface area (Å²) in [6, 6.07) is 30.2. The monoisotopic (exact) mass is 608 g/mol. The first-order valence-corrected chi connectivity index (χ1v) is 15.5. The highest BCUT2D eigenvalue weighted by Crippen LogP contribution is 2.35. The molecule has 0 unspecified atom stereocenters. The number of para-hydroxylation sites is 1. The Kier molecular flexibility index (Phi) is 8.62. The molecule has 6 rings (SSSR count). The van der Waals surface area contributed by atoms with Gasteiger partial charge in [-0.05, 0) is 53.4 Å². The average molecular weight is 609 g/mol. The summed E-state index contributed by atoms with van der Waals surface area (Å²) >= 11 is 2.90. The van der Waals surface area contributed by atoms with Crippen molar-refractivity contribution in [2.75, 3.05) is 12.9 Å². The number of ether oxygens (including phenoxy) is 1. The van der Waals surface area contributed by atoms with Crippen LogP contribution in [0.5, 0.6) is 5.75 Å². The van der Waals surface area contributed by atoms with Crippen molar-refractivity contribution in [2.45, 2.75) is 24.2 Å². The molecule has 11 heteroatoms. The summed E-state index contributed by atoms with van der Waals surface area (Å²) in [7, 11) is 1.63. The molecule has 9 nitrogen and oxygen atoms in total. The van der Waals surface area contributed by atoms with Gasteiger partial charge in [-0.25, -0.2) is 5.01 Å². The number of rotatable bonds is 10. The summed E-state index contributed by atoms with van der Waals surface area (Å²) in [5.74, 6) is 1.07. The van der Waals surface area contributed by atoms with Gasteiger partial charge in [0.25, 0.3) is 11.8 Å². The molecule has 3 heterocycles. The van der Waals surface area contributed by atoms with Crippen molar-refractivity contribution in [1.82, 2.24) is 25.1 Å². The molecular formula is C32H28N6O3S2. The van der Waals surface area contributed by atoms with Gasteiger partial charge in [0.2, 0.25) is 0 Å². The molecule has 0 saturated carbocycles. The molecule has 0 spiro atoms. The normalized spacial score (nSPS) is 14.4. The van der Waals surface area contributed by atoms with E-state index in [-0.39, 0.29) is 30.2 Å². The van der Waals surface area contributed by atoms with Crippen LogP contribution in [0.1, 0.15) is 39.1 Å². The second-order valence-corrected chi connectivity index (χ2v) is 11.6. The van der Waals surface area contributed by atoms with E-state index in [0.717, 1.165) is 27.6 Å². The summed E-state index contributed by atoms with van der Waals surface area (Å²) < 4.78 is 7.20. The van der Waals surface area contributed by atoms with Crippen LogP contribution >= 0.6 is 23.1 Å². The molecule has 3 aromatic carbocycles. The molecule has 1 aliphatic rings. The molecule has 0 aliphatic carbocycles. The van der Waals surface area contributed by atoms with Gasteiger partial charge in [0.15, 0.2) is 11.0 Å². The summed E-state index contributed by atoms with van der Waals surface area (Å²) in [4.78, 5) is 27.5. The number of hydrogen-bond donors (Lipinski definition) is 1. The number of carbonyl (C=O) groups excluding carboxylic acids is 2. The quantitative estimate of drug-likeness (QED) is 0.203. The standard InChI is InChI=1S/C32H28N6O3S2/c1-41-25-16-14-22(15-17-25)27-19-26(28-13-8-18-42-28)36-38(27)30(39)21-43-32-35-34-29(37(32)24-11-6-3-7-12-24)20-33-31(40)23-9-4-2-5-10-23/h2-18,27H,19-21H2,1H3,(H,33,40)/t27-/m1/s1. The number of thiophene rings is 1. The van der Waals surface area contributed by atoms with E-state index in [1.807, 2.05) is 94.9 Å². The van der Waals surface area contributed by atoms with E-state index in [1.54, 1.807) is 35.6 Å². The van der Waals surface area contributed by atoms with E-state index in [9.17, 15) is 9.59 Å². The lowest BCUT2D eigenvalue weighted by molar-refractivity contribution is -0.130. The van der Waals surface area contributed by atoms with Gasteiger partial charge in [0.1, 0.15) is 5.75 Å². The summed E-state index contributed by atoms with van der Waals surface area (Å²) in [5, 5.41) is 20.6. The zero-order valence-corrected chi connectivity index (χ0v) is 24.9. The molecule has 0 saturated heterocycles. The average Bonchev–Trinajstić information content (AvgIpc) is 3.84. The van der Waals surface area contributed by atoms with Gasteiger partial charge in [-0.1, -0.05) is 66.4 Å². The number of aromatic nitrogens is 3. The van der Waals surface area contributed by atoms with Crippen molar-refractivity contribution in [3.05, 3.63) is 124 Å². The molecule has 43 heavy (non-hydrogen) atoms. The fraction of sp³-hybridized carbons (Fsp3) is 0.156. The fourth-order valence-corrected chi connectivity index (χ4v) is 6.35. The SMILES string of the molecule is COc1ccc([C@H]2CC(c3cccs3)=NN2C(=O)CSc2nnc(CNC(=O)c3ccccc3)n2-c2ccccc2)cc1. The fourth-order valence-electron chi connectivity index (χ4n) is 4.81. The van der Waals surface area contributed by atoms with Crippen molar-refractivity contribution >= 4 is 40.6 Å². The van der Waals surface area contributed by atoms with Crippen LogP contribution in [-0.4, -0.2) is 50.2 Å². The molecule has 2 amide bonds. The molecule has 1 N–H and O–H groups in total. The maximum Gasteiger partial charge on any atom is 0.253 e. The minimum Gasteiger partial charge on any atom is -0.497 e. The third-order valence-corrected chi connectivity index (χ3v) is 8.79. The topological polar surface area (TPSA) is 102 Å². The second-order valence-electron chi connectivity index (χ2n) is 9.66. The molecule has 5 aromatic rings. The van der Waals surface area contributed by atoms with Gasteiger partial charge < -0.3 is 10.1 Å². The Labute approximate surface area is 257 Å². The number of methoxy groups -OCH3 is 1. The zero-order chi connectivity index (χ0) is 29.6. The number of hydrazone groups is 1. The molecule has 216 valence electrons. The summed E-state index contributed by atoms with van der Waals surface area (Å²) in [6.45, 7) is 0.171. The van der Waals surface area contributed by atoms with Gasteiger partial charge in [0, 0.05) is 17.7 Å². The second kappa shape index (κ2) is 13.1. The third-order valence-electron chi connectivity index (χ3n) is 6.95. The zero-order valence-electron chi connectivity index (χ0n) is 23.3. The Morgan fingerprint density at radius 1 is 0.953 bits per heavy atom. The Balaban J connectivity index is 1.22. The van der Waals surface area contributed by atoms with Crippen molar-refractivity contribution in [3.63, 3.8) is 0 Å². The minimum absolute atomic E-state index is 0.106. The molecule has 0 radical (unpaired) electrons. The van der Waals surface area contributed by atoms with E-state index in [1.165, 1.54) is 11.8 Å². The smallest absolute Gasteiger partial charge is 0.253 e. The molecule has 1 atom stereocenters. The summed E-state index contributed by atoms with van der Waals surface area (Å²) in [6.07, 6.45) is 0.620. The van der Waals surface area contributed by atoms with Crippen molar-refractivity contribution in [2.24, 2.45) is 5.10 Å². The van der Waals surface area contributed by atoms with Crippen LogP contribution in [0.15, 0.2) is 113 Å². The Morgan fingerprint density at radius 2 is 1.70 bits per heavy atom. The van der Waals surface area contributed by atoms with Crippen molar-refractivity contribution in [1.29, 1.82) is 0 Å². The van der Waals surface area contributed by atoms with E-state index in [4.69, 9.17) is 9.84 Å². The first-order valence-electron chi connectivity index (χ1n) is 13.6. The lowest BCUT2D eigenvalue weighted by atomic mass is 10.0. The Hall–Kier alpha value is -4.74. The highest BCUT2D eigenvalue weighted by Gasteiger charge is 2.33.